The number of aromatic nitrogens is 1. The lowest BCUT2D eigenvalue weighted by Crippen LogP contribution is -2.18. The summed E-state index contributed by atoms with van der Waals surface area (Å²) < 4.78 is 7.61. The number of fused-ring (bicyclic) bond motifs is 1. The number of carbonyl (C=O) groups is 1. The molecular formula is C20H21ClN2O2. The first-order valence-electron chi connectivity index (χ1n) is 8.38. The number of amides is 1. The van der Waals surface area contributed by atoms with E-state index in [1.165, 1.54) is 0 Å². The van der Waals surface area contributed by atoms with Crippen LogP contribution in [-0.4, -0.2) is 17.1 Å². The molecule has 0 saturated carbocycles. The van der Waals surface area contributed by atoms with Crippen molar-refractivity contribution in [2.75, 3.05) is 11.9 Å². The van der Waals surface area contributed by atoms with Crippen molar-refractivity contribution in [1.82, 2.24) is 4.57 Å². The molecule has 0 aliphatic heterocycles. The minimum Gasteiger partial charge on any atom is -0.492 e. The molecule has 1 heterocycles. The maximum Gasteiger partial charge on any atom is 0.272 e. The normalized spacial score (nSPS) is 10.9. The number of carbonyl (C=O) groups excluding carboxylic acids is 1. The summed E-state index contributed by atoms with van der Waals surface area (Å²) >= 11 is 6.13. The van der Waals surface area contributed by atoms with Crippen LogP contribution in [0.1, 0.15) is 29.9 Å². The Morgan fingerprint density at radius 3 is 2.68 bits per heavy atom. The van der Waals surface area contributed by atoms with Gasteiger partial charge in [0.1, 0.15) is 11.4 Å². The molecule has 1 aromatic heterocycles. The third-order valence-corrected chi connectivity index (χ3v) is 4.48. The van der Waals surface area contributed by atoms with Crippen LogP contribution in [0.5, 0.6) is 5.75 Å². The second-order valence-corrected chi connectivity index (χ2v) is 6.20. The zero-order chi connectivity index (χ0) is 18.0. The van der Waals surface area contributed by atoms with Gasteiger partial charge >= 0.3 is 0 Å². The molecule has 2 aromatic carbocycles. The van der Waals surface area contributed by atoms with Gasteiger partial charge in [0.05, 0.1) is 12.3 Å². The zero-order valence-electron chi connectivity index (χ0n) is 14.6. The highest BCUT2D eigenvalue weighted by molar-refractivity contribution is 6.31. The number of hydrogen-bond donors (Lipinski definition) is 1. The van der Waals surface area contributed by atoms with Gasteiger partial charge in [-0.25, -0.2) is 0 Å². The molecule has 0 saturated heterocycles. The van der Waals surface area contributed by atoms with Gasteiger partial charge in [0, 0.05) is 22.5 Å². The summed E-state index contributed by atoms with van der Waals surface area (Å²) in [6.45, 7) is 7.13. The van der Waals surface area contributed by atoms with Gasteiger partial charge in [0.2, 0.25) is 0 Å². The van der Waals surface area contributed by atoms with Gasteiger partial charge in [0.25, 0.3) is 5.91 Å². The number of aryl methyl sites for hydroxylation is 2. The fourth-order valence-corrected chi connectivity index (χ4v) is 3.32. The van der Waals surface area contributed by atoms with Crippen LogP contribution >= 0.6 is 11.6 Å². The van der Waals surface area contributed by atoms with Gasteiger partial charge in [-0.05, 0) is 56.7 Å². The van der Waals surface area contributed by atoms with E-state index in [2.05, 4.69) is 5.32 Å². The maximum atomic E-state index is 13.0. The number of ether oxygens (including phenoxy) is 1. The minimum atomic E-state index is -0.154. The molecule has 1 amide bonds. The number of benzene rings is 2. The van der Waals surface area contributed by atoms with Crippen molar-refractivity contribution in [3.8, 4) is 5.75 Å². The molecule has 0 bridgehead atoms. The van der Waals surface area contributed by atoms with Crippen LogP contribution < -0.4 is 10.1 Å². The van der Waals surface area contributed by atoms with Gasteiger partial charge in [-0.15, -0.1) is 0 Å². The van der Waals surface area contributed by atoms with Gasteiger partial charge in [-0.2, -0.15) is 0 Å². The van der Waals surface area contributed by atoms with Crippen molar-refractivity contribution in [1.29, 1.82) is 0 Å². The van der Waals surface area contributed by atoms with Crippen molar-refractivity contribution >= 4 is 34.1 Å². The number of anilines is 1. The van der Waals surface area contributed by atoms with Crippen molar-refractivity contribution in [3.63, 3.8) is 0 Å². The summed E-state index contributed by atoms with van der Waals surface area (Å²) in [4.78, 5) is 13.0. The molecule has 0 radical (unpaired) electrons. The van der Waals surface area contributed by atoms with E-state index in [0.717, 1.165) is 16.5 Å². The van der Waals surface area contributed by atoms with E-state index in [1.54, 1.807) is 0 Å². The van der Waals surface area contributed by atoms with E-state index >= 15 is 0 Å². The quantitative estimate of drug-likeness (QED) is 0.676. The van der Waals surface area contributed by atoms with Crippen molar-refractivity contribution < 1.29 is 9.53 Å². The zero-order valence-corrected chi connectivity index (χ0v) is 15.4. The molecule has 0 spiro atoms. The second kappa shape index (κ2) is 7.19. The smallest absolute Gasteiger partial charge is 0.272 e. The summed E-state index contributed by atoms with van der Waals surface area (Å²) in [5, 5.41) is 4.65. The van der Waals surface area contributed by atoms with Crippen molar-refractivity contribution in [3.05, 3.63) is 58.7 Å². The highest BCUT2D eigenvalue weighted by atomic mass is 35.5. The molecule has 0 aliphatic carbocycles. The van der Waals surface area contributed by atoms with Crippen molar-refractivity contribution in [2.45, 2.75) is 27.3 Å². The Bertz CT molecular complexity index is 931. The summed E-state index contributed by atoms with van der Waals surface area (Å²) in [6, 6.07) is 13.2. The number of rotatable bonds is 5. The molecule has 4 nitrogen and oxygen atoms in total. The van der Waals surface area contributed by atoms with E-state index in [9.17, 15) is 4.79 Å². The van der Waals surface area contributed by atoms with Gasteiger partial charge in [0.15, 0.2) is 0 Å². The second-order valence-electron chi connectivity index (χ2n) is 5.76. The van der Waals surface area contributed by atoms with Gasteiger partial charge in [-0.3, -0.25) is 4.79 Å². The number of halogens is 1. The summed E-state index contributed by atoms with van der Waals surface area (Å²) in [5.41, 5.74) is 3.24. The molecular weight excluding hydrogens is 336 g/mol. The standard InChI is InChI=1S/C20H21ClN2O2/c1-4-23-17-11-10-14(21)12-15(17)13(3)19(23)20(24)22-16-8-6-7-9-18(16)25-5-2/h6-12H,4-5H2,1-3H3,(H,22,24). The van der Waals surface area contributed by atoms with E-state index < -0.39 is 0 Å². The Hall–Kier alpha value is -2.46. The van der Waals surface area contributed by atoms with Gasteiger partial charge < -0.3 is 14.6 Å². The largest absolute Gasteiger partial charge is 0.492 e. The first kappa shape index (κ1) is 17.4. The molecule has 3 rings (SSSR count). The third kappa shape index (κ3) is 3.22. The molecule has 0 aliphatic rings. The van der Waals surface area contributed by atoms with Crippen LogP contribution in [0.2, 0.25) is 5.02 Å². The van der Waals surface area contributed by atoms with E-state index in [0.29, 0.717) is 35.3 Å². The highest BCUT2D eigenvalue weighted by Gasteiger charge is 2.20. The Balaban J connectivity index is 2.05. The Kier molecular flexibility index (Phi) is 5.00. The number of nitrogens with zero attached hydrogens (tertiary/aromatic N) is 1. The Labute approximate surface area is 152 Å². The topological polar surface area (TPSA) is 43.3 Å². The van der Waals surface area contributed by atoms with Crippen LogP contribution in [0.15, 0.2) is 42.5 Å². The monoisotopic (exact) mass is 356 g/mol. The van der Waals surface area contributed by atoms with Crippen LogP contribution in [0, 0.1) is 6.92 Å². The summed E-state index contributed by atoms with van der Waals surface area (Å²) in [7, 11) is 0. The van der Waals surface area contributed by atoms with Crippen LogP contribution in [0.25, 0.3) is 10.9 Å². The third-order valence-electron chi connectivity index (χ3n) is 4.24. The lowest BCUT2D eigenvalue weighted by atomic mass is 10.1. The van der Waals surface area contributed by atoms with Crippen molar-refractivity contribution in [2.24, 2.45) is 0 Å². The first-order valence-corrected chi connectivity index (χ1v) is 8.76. The van der Waals surface area contributed by atoms with Crippen LogP contribution in [0.3, 0.4) is 0 Å². The van der Waals surface area contributed by atoms with Gasteiger partial charge in [-0.1, -0.05) is 23.7 Å². The predicted octanol–water partition coefficient (Wildman–Crippen LogP) is 5.27. The molecule has 3 aromatic rings. The average Bonchev–Trinajstić information content (AvgIpc) is 2.88. The fraction of sp³-hybridized carbons (Fsp3) is 0.250. The molecule has 1 N–H and O–H groups in total. The van der Waals surface area contributed by atoms with E-state index in [4.69, 9.17) is 16.3 Å². The number of nitrogens with one attached hydrogen (secondary N) is 1. The minimum absolute atomic E-state index is 0.154. The molecule has 0 unspecified atom stereocenters. The molecule has 5 heteroatoms. The first-order chi connectivity index (χ1) is 12.1. The fourth-order valence-electron chi connectivity index (χ4n) is 3.15. The van der Waals surface area contributed by atoms with Crippen LogP contribution in [-0.2, 0) is 6.54 Å². The van der Waals surface area contributed by atoms with Crippen LogP contribution in [0.4, 0.5) is 5.69 Å². The summed E-state index contributed by atoms with van der Waals surface area (Å²) in [5.74, 6) is 0.511. The number of para-hydroxylation sites is 2. The lowest BCUT2D eigenvalue weighted by molar-refractivity contribution is 0.101. The molecule has 0 atom stereocenters. The predicted molar refractivity (Wildman–Crippen MR) is 103 cm³/mol. The Morgan fingerprint density at radius 2 is 1.96 bits per heavy atom. The molecule has 25 heavy (non-hydrogen) atoms. The summed E-state index contributed by atoms with van der Waals surface area (Å²) in [6.07, 6.45) is 0. The average molecular weight is 357 g/mol. The molecule has 130 valence electrons. The lowest BCUT2D eigenvalue weighted by Gasteiger charge is -2.13. The number of hydrogen-bond acceptors (Lipinski definition) is 2. The Morgan fingerprint density at radius 1 is 1.20 bits per heavy atom. The SMILES string of the molecule is CCOc1ccccc1NC(=O)c1c(C)c2cc(Cl)ccc2n1CC. The maximum absolute atomic E-state index is 13.0. The van der Waals surface area contributed by atoms with E-state index in [-0.39, 0.29) is 5.91 Å². The molecule has 0 fully saturated rings. The highest BCUT2D eigenvalue weighted by Crippen LogP contribution is 2.30. The van der Waals surface area contributed by atoms with E-state index in [1.807, 2.05) is 67.8 Å².